The van der Waals surface area contributed by atoms with Crippen molar-refractivity contribution in [2.24, 2.45) is 0 Å². The summed E-state index contributed by atoms with van der Waals surface area (Å²) in [7, 11) is 0. The second-order valence-corrected chi connectivity index (χ2v) is 4.53. The number of aliphatic hydroxyl groups is 1. The first-order valence-electron chi connectivity index (χ1n) is 5.74. The van der Waals surface area contributed by atoms with Gasteiger partial charge in [-0.3, -0.25) is 4.79 Å². The summed E-state index contributed by atoms with van der Waals surface area (Å²) in [5, 5.41) is 10.3. The molecule has 17 heavy (non-hydrogen) atoms. The highest BCUT2D eigenvalue weighted by molar-refractivity contribution is 5.83. The number of rotatable bonds is 2. The van der Waals surface area contributed by atoms with Crippen LogP contribution in [0.4, 0.5) is 0 Å². The fourth-order valence-corrected chi connectivity index (χ4v) is 2.15. The third-order valence-electron chi connectivity index (χ3n) is 3.19. The Kier molecular flexibility index (Phi) is 2.37. The third-order valence-corrected chi connectivity index (χ3v) is 3.19. The quantitative estimate of drug-likeness (QED) is 0.805. The maximum atomic E-state index is 11.8. The zero-order valence-corrected chi connectivity index (χ0v) is 9.39. The third kappa shape index (κ3) is 1.91. The van der Waals surface area contributed by atoms with E-state index in [9.17, 15) is 4.79 Å². The molecular weight excluding hydrogens is 216 g/mol. The first kappa shape index (κ1) is 10.4. The van der Waals surface area contributed by atoms with Crippen LogP contribution in [0.3, 0.4) is 0 Å². The Hall–Kier alpha value is -1.81. The Labute approximate surface area is 98.9 Å². The van der Waals surface area contributed by atoms with Crippen molar-refractivity contribution >= 4 is 16.8 Å². The number of β-amino-alcohol motifs (C(OH)–C–C–N with tert-alkyl or cyclic N) is 1. The number of carbonyl (C=O) groups is 1. The molecule has 4 heteroatoms. The molecule has 88 valence electrons. The highest BCUT2D eigenvalue weighted by Gasteiger charge is 2.28. The van der Waals surface area contributed by atoms with Crippen LogP contribution in [-0.2, 0) is 11.2 Å². The number of aromatic nitrogens is 1. The maximum absolute atomic E-state index is 11.8. The predicted octanol–water partition coefficient (Wildman–Crippen LogP) is 0.913. The van der Waals surface area contributed by atoms with Crippen LogP contribution in [0.1, 0.15) is 5.56 Å². The molecule has 1 fully saturated rings. The molecule has 1 amide bonds. The molecule has 1 aromatic heterocycles. The number of amides is 1. The van der Waals surface area contributed by atoms with E-state index in [0.717, 1.165) is 16.5 Å². The van der Waals surface area contributed by atoms with Gasteiger partial charge >= 0.3 is 0 Å². The van der Waals surface area contributed by atoms with Crippen LogP contribution >= 0.6 is 0 Å². The molecule has 0 spiro atoms. The van der Waals surface area contributed by atoms with Crippen LogP contribution in [0.25, 0.3) is 10.9 Å². The van der Waals surface area contributed by atoms with E-state index in [1.165, 1.54) is 0 Å². The largest absolute Gasteiger partial charge is 0.389 e. The van der Waals surface area contributed by atoms with E-state index in [1.807, 2.05) is 30.5 Å². The van der Waals surface area contributed by atoms with Crippen molar-refractivity contribution in [1.29, 1.82) is 0 Å². The van der Waals surface area contributed by atoms with Gasteiger partial charge in [0.2, 0.25) is 5.91 Å². The monoisotopic (exact) mass is 230 g/mol. The van der Waals surface area contributed by atoms with Crippen molar-refractivity contribution in [2.45, 2.75) is 12.5 Å². The lowest BCUT2D eigenvalue weighted by molar-refractivity contribution is -0.140. The van der Waals surface area contributed by atoms with Crippen molar-refractivity contribution < 1.29 is 9.90 Å². The van der Waals surface area contributed by atoms with Gasteiger partial charge in [-0.1, -0.05) is 12.1 Å². The molecule has 2 aromatic rings. The van der Waals surface area contributed by atoms with E-state index in [4.69, 9.17) is 5.11 Å². The normalized spacial score (nSPS) is 16.2. The van der Waals surface area contributed by atoms with Gasteiger partial charge in [0.1, 0.15) is 0 Å². The number of nitrogens with one attached hydrogen (secondary N) is 1. The Bertz CT molecular complexity index is 555. The summed E-state index contributed by atoms with van der Waals surface area (Å²) in [5.41, 5.74) is 2.06. The van der Waals surface area contributed by atoms with Crippen LogP contribution in [0.2, 0.25) is 0 Å². The van der Waals surface area contributed by atoms with E-state index in [-0.39, 0.29) is 12.0 Å². The minimum absolute atomic E-state index is 0.0845. The molecule has 0 atom stereocenters. The van der Waals surface area contributed by atoms with Gasteiger partial charge in [-0.05, 0) is 23.1 Å². The van der Waals surface area contributed by atoms with E-state index in [1.54, 1.807) is 4.90 Å². The van der Waals surface area contributed by atoms with Gasteiger partial charge in [0.15, 0.2) is 0 Å². The molecule has 1 saturated heterocycles. The first-order chi connectivity index (χ1) is 8.22. The molecule has 1 aliphatic rings. The Balaban J connectivity index is 1.73. The standard InChI is InChI=1S/C13H14N2O2/c16-11-7-15(8-11)13(17)6-9-1-2-10-3-4-14-12(10)5-9/h1-5,11,14,16H,6-8H2. The predicted molar refractivity (Wildman–Crippen MR) is 64.6 cm³/mol. The van der Waals surface area contributed by atoms with Gasteiger partial charge in [0.05, 0.1) is 12.5 Å². The molecular formula is C13H14N2O2. The van der Waals surface area contributed by atoms with Crippen molar-refractivity contribution in [1.82, 2.24) is 9.88 Å². The average molecular weight is 230 g/mol. The van der Waals surface area contributed by atoms with Gasteiger partial charge < -0.3 is 15.0 Å². The molecule has 0 saturated carbocycles. The van der Waals surface area contributed by atoms with Gasteiger partial charge in [-0.2, -0.15) is 0 Å². The number of H-pyrrole nitrogens is 1. The number of benzene rings is 1. The molecule has 4 nitrogen and oxygen atoms in total. The van der Waals surface area contributed by atoms with Gasteiger partial charge in [-0.15, -0.1) is 0 Å². The molecule has 2 N–H and O–H groups in total. The van der Waals surface area contributed by atoms with Crippen LogP contribution in [0, 0.1) is 0 Å². The van der Waals surface area contributed by atoms with Crippen LogP contribution in [0.5, 0.6) is 0 Å². The summed E-state index contributed by atoms with van der Waals surface area (Å²) in [6.07, 6.45) is 1.97. The van der Waals surface area contributed by atoms with E-state index in [0.29, 0.717) is 19.5 Å². The average Bonchev–Trinajstić information content (AvgIpc) is 2.71. The van der Waals surface area contributed by atoms with Crippen molar-refractivity contribution in [3.63, 3.8) is 0 Å². The highest BCUT2D eigenvalue weighted by atomic mass is 16.3. The topological polar surface area (TPSA) is 56.3 Å². The Morgan fingerprint density at radius 3 is 3.00 bits per heavy atom. The maximum Gasteiger partial charge on any atom is 0.227 e. The smallest absolute Gasteiger partial charge is 0.227 e. The van der Waals surface area contributed by atoms with Crippen molar-refractivity contribution in [3.05, 3.63) is 36.0 Å². The number of hydrogen-bond donors (Lipinski definition) is 2. The zero-order chi connectivity index (χ0) is 11.8. The number of likely N-dealkylation sites (tertiary alicyclic amines) is 1. The Morgan fingerprint density at radius 2 is 2.24 bits per heavy atom. The lowest BCUT2D eigenvalue weighted by Crippen LogP contribution is -2.53. The molecule has 0 radical (unpaired) electrons. The minimum Gasteiger partial charge on any atom is -0.389 e. The summed E-state index contributed by atoms with van der Waals surface area (Å²) in [5.74, 6) is 0.0845. The molecule has 1 aromatic carbocycles. The molecule has 0 aliphatic carbocycles. The minimum atomic E-state index is -0.329. The summed E-state index contributed by atoms with van der Waals surface area (Å²) >= 11 is 0. The first-order valence-corrected chi connectivity index (χ1v) is 5.74. The van der Waals surface area contributed by atoms with Gasteiger partial charge in [0, 0.05) is 24.8 Å². The van der Waals surface area contributed by atoms with E-state index < -0.39 is 0 Å². The van der Waals surface area contributed by atoms with Crippen LogP contribution < -0.4 is 0 Å². The number of nitrogens with zero attached hydrogens (tertiary/aromatic N) is 1. The molecule has 0 unspecified atom stereocenters. The van der Waals surface area contributed by atoms with Gasteiger partial charge in [0.25, 0.3) is 0 Å². The van der Waals surface area contributed by atoms with Gasteiger partial charge in [-0.25, -0.2) is 0 Å². The summed E-state index contributed by atoms with van der Waals surface area (Å²) in [6.45, 7) is 0.952. The Morgan fingerprint density at radius 1 is 1.41 bits per heavy atom. The number of aromatic amines is 1. The second kappa shape index (κ2) is 3.89. The van der Waals surface area contributed by atoms with Crippen LogP contribution in [0.15, 0.2) is 30.5 Å². The van der Waals surface area contributed by atoms with E-state index >= 15 is 0 Å². The lowest BCUT2D eigenvalue weighted by Gasteiger charge is -2.35. The molecule has 0 bridgehead atoms. The molecule has 1 aliphatic heterocycles. The number of aliphatic hydroxyl groups excluding tert-OH is 1. The number of hydrogen-bond acceptors (Lipinski definition) is 2. The SMILES string of the molecule is O=C(Cc1ccc2cc[nH]c2c1)N1CC(O)C1. The van der Waals surface area contributed by atoms with E-state index in [2.05, 4.69) is 4.98 Å². The summed E-state index contributed by atoms with van der Waals surface area (Å²) in [6, 6.07) is 8.00. The van der Waals surface area contributed by atoms with Crippen molar-refractivity contribution in [3.8, 4) is 0 Å². The van der Waals surface area contributed by atoms with Crippen LogP contribution in [-0.4, -0.2) is 40.1 Å². The second-order valence-electron chi connectivity index (χ2n) is 4.53. The summed E-state index contributed by atoms with van der Waals surface area (Å²) < 4.78 is 0. The number of carbonyl (C=O) groups excluding carboxylic acids is 1. The molecule has 2 heterocycles. The summed E-state index contributed by atoms with van der Waals surface area (Å²) in [4.78, 5) is 16.6. The van der Waals surface area contributed by atoms with Crippen molar-refractivity contribution in [2.75, 3.05) is 13.1 Å². The highest BCUT2D eigenvalue weighted by Crippen LogP contribution is 2.16. The molecule has 3 rings (SSSR count). The fourth-order valence-electron chi connectivity index (χ4n) is 2.15. The lowest BCUT2D eigenvalue weighted by atomic mass is 10.1. The fraction of sp³-hybridized carbons (Fsp3) is 0.308. The zero-order valence-electron chi connectivity index (χ0n) is 9.39. The number of fused-ring (bicyclic) bond motifs is 1.